The van der Waals surface area contributed by atoms with Crippen molar-refractivity contribution in [3.8, 4) is 0 Å². The molecular formula is C22H25F2N3O4. The molecule has 7 nitrogen and oxygen atoms in total. The Kier molecular flexibility index (Phi) is 4.86. The zero-order valence-corrected chi connectivity index (χ0v) is 17.1. The van der Waals surface area contributed by atoms with Gasteiger partial charge in [0.05, 0.1) is 19.0 Å². The maximum atomic E-state index is 14.7. The summed E-state index contributed by atoms with van der Waals surface area (Å²) in [5.74, 6) is -3.77. The number of alkyl carbamates (subject to hydrolysis) is 1. The minimum absolute atomic E-state index is 0.0477. The van der Waals surface area contributed by atoms with Crippen molar-refractivity contribution < 1.29 is 27.9 Å². The highest BCUT2D eigenvalue weighted by atomic mass is 19.1. The van der Waals surface area contributed by atoms with E-state index in [4.69, 9.17) is 4.74 Å². The van der Waals surface area contributed by atoms with E-state index in [1.54, 1.807) is 4.90 Å². The Labute approximate surface area is 178 Å². The van der Waals surface area contributed by atoms with Gasteiger partial charge in [-0.15, -0.1) is 0 Å². The molecule has 3 amide bonds. The van der Waals surface area contributed by atoms with E-state index in [0.29, 0.717) is 24.2 Å². The fourth-order valence-electron chi connectivity index (χ4n) is 5.30. The van der Waals surface area contributed by atoms with Crippen LogP contribution in [0.2, 0.25) is 0 Å². The minimum atomic E-state index is -1.02. The summed E-state index contributed by atoms with van der Waals surface area (Å²) >= 11 is 0. The summed E-state index contributed by atoms with van der Waals surface area (Å²) in [6.07, 6.45) is 5.20. The van der Waals surface area contributed by atoms with Crippen LogP contribution in [0.1, 0.15) is 56.4 Å². The molecule has 31 heavy (non-hydrogen) atoms. The lowest BCUT2D eigenvalue weighted by Crippen LogP contribution is -2.57. The third kappa shape index (κ3) is 3.74. The monoisotopic (exact) mass is 433 g/mol. The average molecular weight is 433 g/mol. The lowest BCUT2D eigenvalue weighted by Gasteiger charge is -2.54. The molecule has 166 valence electrons. The SMILES string of the molecule is O=C1CCC(c2c(F)cc(N3CC(OC(=O)NC4CC5(CCC5)C4)C3)cc2F)C(=O)N1. The van der Waals surface area contributed by atoms with Crippen LogP contribution in [0, 0.1) is 17.0 Å². The number of carbonyl (C=O) groups is 3. The fourth-order valence-corrected chi connectivity index (χ4v) is 5.30. The number of rotatable bonds is 4. The molecular weight excluding hydrogens is 408 g/mol. The van der Waals surface area contributed by atoms with Crippen molar-refractivity contribution in [2.45, 2.75) is 63.0 Å². The average Bonchev–Trinajstić information content (AvgIpc) is 2.60. The topological polar surface area (TPSA) is 87.7 Å². The molecule has 2 heterocycles. The van der Waals surface area contributed by atoms with E-state index in [9.17, 15) is 23.2 Å². The van der Waals surface area contributed by atoms with E-state index in [1.807, 2.05) is 0 Å². The standard InChI is InChI=1S/C22H25F2N3O4/c23-16-6-13(7-17(24)19(16)15-2-3-18(28)26-20(15)29)27-10-14(11-27)31-21(30)25-12-8-22(9-12)4-1-5-22/h6-7,12,14-15H,1-5,8-11H2,(H,25,30)(H,26,28,29). The van der Waals surface area contributed by atoms with Crippen molar-refractivity contribution in [1.29, 1.82) is 0 Å². The Hall–Kier alpha value is -2.71. The van der Waals surface area contributed by atoms with Crippen LogP contribution in [-0.4, -0.2) is 43.1 Å². The van der Waals surface area contributed by atoms with E-state index in [2.05, 4.69) is 10.6 Å². The first-order valence-electron chi connectivity index (χ1n) is 10.9. The lowest BCUT2D eigenvalue weighted by atomic mass is 9.54. The molecule has 9 heteroatoms. The number of piperidine rings is 1. The van der Waals surface area contributed by atoms with Gasteiger partial charge in [0.25, 0.3) is 0 Å². The number of halogens is 2. The van der Waals surface area contributed by atoms with Crippen LogP contribution < -0.4 is 15.5 Å². The third-order valence-electron chi connectivity index (χ3n) is 7.23. The maximum Gasteiger partial charge on any atom is 0.407 e. The second kappa shape index (κ2) is 7.46. The molecule has 2 saturated heterocycles. The zero-order valence-electron chi connectivity index (χ0n) is 17.1. The number of ether oxygens (including phenoxy) is 1. The van der Waals surface area contributed by atoms with Gasteiger partial charge in [0.1, 0.15) is 17.7 Å². The number of carbonyl (C=O) groups excluding carboxylic acids is 3. The summed E-state index contributed by atoms with van der Waals surface area (Å²) in [5.41, 5.74) is 0.489. The van der Waals surface area contributed by atoms with Crippen LogP contribution in [0.3, 0.4) is 0 Å². The van der Waals surface area contributed by atoms with E-state index < -0.39 is 35.5 Å². The minimum Gasteiger partial charge on any atom is -0.442 e. The Morgan fingerprint density at radius 2 is 1.84 bits per heavy atom. The predicted molar refractivity (Wildman–Crippen MR) is 106 cm³/mol. The molecule has 1 atom stereocenters. The van der Waals surface area contributed by atoms with Crippen molar-refractivity contribution in [1.82, 2.24) is 10.6 Å². The van der Waals surface area contributed by atoms with E-state index in [1.165, 1.54) is 31.4 Å². The number of anilines is 1. The summed E-state index contributed by atoms with van der Waals surface area (Å²) < 4.78 is 34.7. The molecule has 2 aliphatic carbocycles. The Morgan fingerprint density at radius 1 is 1.16 bits per heavy atom. The second-order valence-electron chi connectivity index (χ2n) is 9.36. The number of hydrogen-bond donors (Lipinski definition) is 2. The summed E-state index contributed by atoms with van der Waals surface area (Å²) in [4.78, 5) is 37.0. The van der Waals surface area contributed by atoms with Crippen LogP contribution in [0.15, 0.2) is 12.1 Å². The van der Waals surface area contributed by atoms with E-state index in [-0.39, 0.29) is 30.6 Å². The van der Waals surface area contributed by atoms with Crippen LogP contribution in [0.25, 0.3) is 0 Å². The smallest absolute Gasteiger partial charge is 0.407 e. The number of imide groups is 1. The number of hydrogen-bond acceptors (Lipinski definition) is 5. The van der Waals surface area contributed by atoms with Gasteiger partial charge in [-0.3, -0.25) is 14.9 Å². The molecule has 0 radical (unpaired) electrons. The summed E-state index contributed by atoms with van der Waals surface area (Å²) in [5, 5.41) is 5.02. The third-order valence-corrected chi connectivity index (χ3v) is 7.23. The zero-order chi connectivity index (χ0) is 21.8. The molecule has 4 fully saturated rings. The van der Waals surface area contributed by atoms with Gasteiger partial charge in [-0.1, -0.05) is 6.42 Å². The summed E-state index contributed by atoms with van der Waals surface area (Å²) in [6, 6.07) is 2.56. The van der Waals surface area contributed by atoms with Crippen LogP contribution in [0.5, 0.6) is 0 Å². The number of amides is 3. The highest BCUT2D eigenvalue weighted by Crippen LogP contribution is 2.55. The largest absolute Gasteiger partial charge is 0.442 e. The lowest BCUT2D eigenvalue weighted by molar-refractivity contribution is -0.134. The van der Waals surface area contributed by atoms with E-state index in [0.717, 1.165) is 12.8 Å². The molecule has 1 unspecified atom stereocenters. The number of benzene rings is 1. The van der Waals surface area contributed by atoms with Gasteiger partial charge in [-0.25, -0.2) is 13.6 Å². The first-order valence-corrected chi connectivity index (χ1v) is 10.9. The first-order chi connectivity index (χ1) is 14.8. The molecule has 1 aromatic carbocycles. The highest BCUT2D eigenvalue weighted by Gasteiger charge is 2.48. The Morgan fingerprint density at radius 3 is 2.42 bits per heavy atom. The van der Waals surface area contributed by atoms with Crippen molar-refractivity contribution in [3.05, 3.63) is 29.3 Å². The molecule has 2 aliphatic heterocycles. The van der Waals surface area contributed by atoms with Gasteiger partial charge in [0.2, 0.25) is 11.8 Å². The van der Waals surface area contributed by atoms with Crippen LogP contribution >= 0.6 is 0 Å². The van der Waals surface area contributed by atoms with Gasteiger partial charge >= 0.3 is 6.09 Å². The van der Waals surface area contributed by atoms with Gasteiger partial charge in [0, 0.05) is 23.7 Å². The number of nitrogens with one attached hydrogen (secondary N) is 2. The normalized spacial score (nSPS) is 25.4. The van der Waals surface area contributed by atoms with Crippen molar-refractivity contribution in [3.63, 3.8) is 0 Å². The van der Waals surface area contributed by atoms with Crippen molar-refractivity contribution in [2.75, 3.05) is 18.0 Å². The van der Waals surface area contributed by atoms with Gasteiger partial charge in [-0.05, 0) is 49.7 Å². The van der Waals surface area contributed by atoms with Gasteiger partial charge in [0.15, 0.2) is 0 Å². The second-order valence-corrected chi connectivity index (χ2v) is 9.36. The Balaban J connectivity index is 1.14. The summed E-state index contributed by atoms with van der Waals surface area (Å²) in [6.45, 7) is 0.692. The quantitative estimate of drug-likeness (QED) is 0.713. The van der Waals surface area contributed by atoms with Crippen molar-refractivity contribution >= 4 is 23.6 Å². The van der Waals surface area contributed by atoms with E-state index >= 15 is 0 Å². The van der Waals surface area contributed by atoms with Gasteiger partial charge < -0.3 is 15.0 Å². The Bertz CT molecular complexity index is 912. The highest BCUT2D eigenvalue weighted by molar-refractivity contribution is 6.01. The fraction of sp³-hybridized carbons (Fsp3) is 0.591. The molecule has 5 rings (SSSR count). The molecule has 1 spiro atoms. The van der Waals surface area contributed by atoms with Gasteiger partial charge in [-0.2, -0.15) is 0 Å². The molecule has 2 saturated carbocycles. The van der Waals surface area contributed by atoms with Crippen molar-refractivity contribution in [2.24, 2.45) is 5.41 Å². The molecule has 4 aliphatic rings. The molecule has 1 aromatic rings. The number of nitrogens with zero attached hydrogens (tertiary/aromatic N) is 1. The maximum absolute atomic E-state index is 14.7. The molecule has 0 bridgehead atoms. The molecule has 2 N–H and O–H groups in total. The molecule has 0 aromatic heterocycles. The first kappa shape index (κ1) is 20.2. The summed E-state index contributed by atoms with van der Waals surface area (Å²) in [7, 11) is 0. The van der Waals surface area contributed by atoms with Crippen LogP contribution in [0.4, 0.5) is 19.3 Å². The van der Waals surface area contributed by atoms with Crippen LogP contribution in [-0.2, 0) is 14.3 Å². The predicted octanol–water partition coefficient (Wildman–Crippen LogP) is 2.73.